The van der Waals surface area contributed by atoms with Gasteiger partial charge in [0, 0.05) is 32.7 Å². The zero-order valence-corrected chi connectivity index (χ0v) is 26.0. The minimum absolute atomic E-state index is 0.613. The summed E-state index contributed by atoms with van der Waals surface area (Å²) in [7, 11) is 0. The van der Waals surface area contributed by atoms with Gasteiger partial charge in [0.15, 0.2) is 17.5 Å². The van der Waals surface area contributed by atoms with Gasteiger partial charge in [-0.05, 0) is 54.3 Å². The van der Waals surface area contributed by atoms with Crippen LogP contribution in [0.25, 0.3) is 89.7 Å². The van der Waals surface area contributed by atoms with Gasteiger partial charge >= 0.3 is 0 Å². The Morgan fingerprint density at radius 3 is 2.02 bits per heavy atom. The second-order valence-corrected chi connectivity index (χ2v) is 12.3. The van der Waals surface area contributed by atoms with Crippen molar-refractivity contribution in [3.63, 3.8) is 0 Å². The molecule has 0 aliphatic heterocycles. The number of allylic oxidation sites excluding steroid dienone is 1. The molecule has 0 N–H and O–H groups in total. The van der Waals surface area contributed by atoms with Crippen molar-refractivity contribution in [1.82, 2.24) is 19.5 Å². The highest BCUT2D eigenvalue weighted by atomic mass is 16.3. The number of benzene rings is 6. The van der Waals surface area contributed by atoms with Gasteiger partial charge in [-0.15, -0.1) is 0 Å². The van der Waals surface area contributed by atoms with Gasteiger partial charge < -0.3 is 8.98 Å². The van der Waals surface area contributed by atoms with E-state index in [4.69, 9.17) is 19.4 Å². The molecule has 0 bridgehead atoms. The first-order valence-electron chi connectivity index (χ1n) is 16.4. The lowest BCUT2D eigenvalue weighted by Crippen LogP contribution is -2.08. The number of hydrogen-bond acceptors (Lipinski definition) is 4. The molecule has 1 aliphatic carbocycles. The van der Waals surface area contributed by atoms with E-state index in [1.165, 1.54) is 16.3 Å². The predicted molar refractivity (Wildman–Crippen MR) is 195 cm³/mol. The molecular weight excluding hydrogens is 589 g/mol. The second-order valence-electron chi connectivity index (χ2n) is 12.3. The Bertz CT molecular complexity index is 2680. The fraction of sp³-hybridized carbons (Fsp3) is 0.0465. The van der Waals surface area contributed by atoms with E-state index >= 15 is 0 Å². The number of nitrogens with zero attached hydrogens (tertiary/aromatic N) is 4. The topological polar surface area (TPSA) is 56.7 Å². The van der Waals surface area contributed by atoms with Gasteiger partial charge in [-0.3, -0.25) is 0 Å². The van der Waals surface area contributed by atoms with E-state index in [0.29, 0.717) is 17.5 Å². The van der Waals surface area contributed by atoms with Gasteiger partial charge in [0.25, 0.3) is 0 Å². The molecule has 6 aromatic carbocycles. The van der Waals surface area contributed by atoms with Gasteiger partial charge in [0.1, 0.15) is 11.2 Å². The lowest BCUT2D eigenvalue weighted by molar-refractivity contribution is 0.669. The Labute approximate surface area is 276 Å². The van der Waals surface area contributed by atoms with E-state index in [9.17, 15) is 0 Å². The molecule has 3 heterocycles. The van der Waals surface area contributed by atoms with E-state index in [1.807, 2.05) is 48.5 Å². The van der Waals surface area contributed by atoms with Crippen molar-refractivity contribution in [1.29, 1.82) is 0 Å². The lowest BCUT2D eigenvalue weighted by atomic mass is 9.91. The van der Waals surface area contributed by atoms with Crippen LogP contribution in [0.4, 0.5) is 0 Å². The lowest BCUT2D eigenvalue weighted by Gasteiger charge is -2.21. The first kappa shape index (κ1) is 26.8. The molecule has 0 radical (unpaired) electrons. The van der Waals surface area contributed by atoms with E-state index in [1.54, 1.807) is 0 Å². The Balaban J connectivity index is 1.32. The fourth-order valence-electron chi connectivity index (χ4n) is 7.39. The molecule has 0 amide bonds. The van der Waals surface area contributed by atoms with Crippen LogP contribution < -0.4 is 0 Å². The van der Waals surface area contributed by atoms with Crippen molar-refractivity contribution in [2.75, 3.05) is 0 Å². The summed E-state index contributed by atoms with van der Waals surface area (Å²) in [6, 6.07) is 46.3. The van der Waals surface area contributed by atoms with Gasteiger partial charge in [-0.25, -0.2) is 15.0 Å². The summed E-state index contributed by atoms with van der Waals surface area (Å²) in [5.74, 6) is 1.89. The predicted octanol–water partition coefficient (Wildman–Crippen LogP) is 10.8. The summed E-state index contributed by atoms with van der Waals surface area (Å²) in [5.41, 5.74) is 10.3. The molecule has 0 saturated carbocycles. The zero-order valence-electron chi connectivity index (χ0n) is 26.0. The van der Waals surface area contributed by atoms with E-state index in [-0.39, 0.29) is 0 Å². The number of rotatable bonds is 4. The molecule has 0 fully saturated rings. The van der Waals surface area contributed by atoms with E-state index < -0.39 is 0 Å². The maximum atomic E-state index is 6.28. The highest BCUT2D eigenvalue weighted by Crippen LogP contribution is 2.41. The molecule has 5 nitrogen and oxygen atoms in total. The Morgan fingerprint density at radius 1 is 0.542 bits per heavy atom. The highest BCUT2D eigenvalue weighted by molar-refractivity contribution is 6.12. The van der Waals surface area contributed by atoms with Gasteiger partial charge in [-0.2, -0.15) is 0 Å². The number of furan rings is 1. The van der Waals surface area contributed by atoms with Crippen LogP contribution in [-0.2, 0) is 6.42 Å². The summed E-state index contributed by atoms with van der Waals surface area (Å²) in [6.07, 6.45) is 6.49. The first-order chi connectivity index (χ1) is 23.8. The molecular formula is C43H28N4O. The highest BCUT2D eigenvalue weighted by Gasteiger charge is 2.24. The smallest absolute Gasteiger partial charge is 0.166 e. The molecule has 10 rings (SSSR count). The minimum atomic E-state index is 0.613. The Morgan fingerprint density at radius 2 is 1.21 bits per heavy atom. The molecule has 5 heteroatoms. The van der Waals surface area contributed by atoms with Crippen LogP contribution in [0.5, 0.6) is 0 Å². The van der Waals surface area contributed by atoms with Crippen LogP contribution in [0.1, 0.15) is 17.5 Å². The SMILES string of the molecule is C1=Cc2c(ccc(-n3c4ccccc4c4ccccc43)c2-c2nc(-c3ccccc3)nc(-c3cccc4oc5ccccc5c34)n2)CC1. The van der Waals surface area contributed by atoms with Crippen molar-refractivity contribution >= 4 is 49.8 Å². The quantitative estimate of drug-likeness (QED) is 0.197. The van der Waals surface area contributed by atoms with Crippen LogP contribution in [-0.4, -0.2) is 19.5 Å². The Hall–Kier alpha value is -6.33. The minimum Gasteiger partial charge on any atom is -0.456 e. The van der Waals surface area contributed by atoms with E-state index in [0.717, 1.165) is 73.8 Å². The van der Waals surface area contributed by atoms with Crippen LogP contribution in [0, 0.1) is 0 Å². The molecule has 0 saturated heterocycles. The molecule has 48 heavy (non-hydrogen) atoms. The van der Waals surface area contributed by atoms with Gasteiger partial charge in [0.2, 0.25) is 0 Å². The third-order valence-corrected chi connectivity index (χ3v) is 9.53. The maximum absolute atomic E-state index is 6.28. The zero-order chi connectivity index (χ0) is 31.6. The fourth-order valence-corrected chi connectivity index (χ4v) is 7.39. The number of aromatic nitrogens is 4. The van der Waals surface area contributed by atoms with Crippen LogP contribution >= 0.6 is 0 Å². The average Bonchev–Trinajstić information content (AvgIpc) is 3.70. The molecule has 0 unspecified atom stereocenters. The Kier molecular flexibility index (Phi) is 5.93. The average molecular weight is 617 g/mol. The standard InChI is InChI=1S/C43H28N4O/c1-2-14-28(15-3-1)41-44-42(33-20-12-24-38-39(33)32-19-8-11-23-37(32)48-38)46-43(45-41)40-29-16-5-4-13-27(29)25-26-36(40)47-34-21-9-6-17-30(34)31-18-7-10-22-35(31)47/h1-3,5-12,14-26H,4,13H2. The summed E-state index contributed by atoms with van der Waals surface area (Å²) in [5, 5.41) is 4.47. The van der Waals surface area contributed by atoms with Crippen molar-refractivity contribution in [3.05, 3.63) is 151 Å². The van der Waals surface area contributed by atoms with Crippen molar-refractivity contribution in [2.24, 2.45) is 0 Å². The second kappa shape index (κ2) is 10.6. The number of hydrogen-bond donors (Lipinski definition) is 0. The van der Waals surface area contributed by atoms with Crippen molar-refractivity contribution in [2.45, 2.75) is 12.8 Å². The summed E-state index contributed by atoms with van der Waals surface area (Å²) in [6.45, 7) is 0. The monoisotopic (exact) mass is 616 g/mol. The molecule has 9 aromatic rings. The summed E-state index contributed by atoms with van der Waals surface area (Å²) < 4.78 is 8.66. The summed E-state index contributed by atoms with van der Waals surface area (Å²) in [4.78, 5) is 15.8. The molecule has 226 valence electrons. The number of aryl methyl sites for hydroxylation is 1. The largest absolute Gasteiger partial charge is 0.456 e. The van der Waals surface area contributed by atoms with Crippen molar-refractivity contribution in [3.8, 4) is 39.9 Å². The normalized spacial score (nSPS) is 12.8. The summed E-state index contributed by atoms with van der Waals surface area (Å²) >= 11 is 0. The van der Waals surface area contributed by atoms with Gasteiger partial charge in [-0.1, -0.05) is 115 Å². The molecule has 0 atom stereocenters. The van der Waals surface area contributed by atoms with Crippen LogP contribution in [0.2, 0.25) is 0 Å². The maximum Gasteiger partial charge on any atom is 0.166 e. The number of fused-ring (bicyclic) bond motifs is 7. The first-order valence-corrected chi connectivity index (χ1v) is 16.4. The number of para-hydroxylation sites is 3. The molecule has 0 spiro atoms. The molecule has 1 aliphatic rings. The van der Waals surface area contributed by atoms with E-state index in [2.05, 4.69) is 102 Å². The third-order valence-electron chi connectivity index (χ3n) is 9.53. The van der Waals surface area contributed by atoms with Crippen molar-refractivity contribution < 1.29 is 4.42 Å². The van der Waals surface area contributed by atoms with Gasteiger partial charge in [0.05, 0.1) is 22.3 Å². The third kappa shape index (κ3) is 4.07. The molecule has 3 aromatic heterocycles. The van der Waals surface area contributed by atoms with Crippen LogP contribution in [0.15, 0.2) is 144 Å². The van der Waals surface area contributed by atoms with Crippen LogP contribution in [0.3, 0.4) is 0 Å².